The summed E-state index contributed by atoms with van der Waals surface area (Å²) in [7, 11) is 1.64. The predicted molar refractivity (Wildman–Crippen MR) is 65.7 cm³/mol. The summed E-state index contributed by atoms with van der Waals surface area (Å²) in [5, 5.41) is 3.16. The summed E-state index contributed by atoms with van der Waals surface area (Å²) >= 11 is 6.89. The molecule has 1 fully saturated rings. The number of nitrogens with one attached hydrogen (secondary N) is 1. The van der Waals surface area contributed by atoms with Gasteiger partial charge in [-0.3, -0.25) is 0 Å². The highest BCUT2D eigenvalue weighted by Gasteiger charge is 2.20. The van der Waals surface area contributed by atoms with E-state index in [0.717, 1.165) is 33.5 Å². The molecule has 0 atom stereocenters. The smallest absolute Gasteiger partial charge is 0.135 e. The molecular weight excluding hydrogens is 326 g/mol. The average molecular weight is 337 g/mol. The highest BCUT2D eigenvalue weighted by atomic mass is 79.9. The molecule has 1 heterocycles. The molecule has 1 N–H and O–H groups in total. The topological polar surface area (TPSA) is 30.5 Å². The van der Waals surface area contributed by atoms with Crippen molar-refractivity contribution < 1.29 is 9.47 Å². The van der Waals surface area contributed by atoms with Crippen molar-refractivity contribution in [2.24, 2.45) is 0 Å². The summed E-state index contributed by atoms with van der Waals surface area (Å²) in [6.45, 7) is 1.83. The maximum absolute atomic E-state index is 5.77. The standard InChI is InChI=1S/C10H11Br2NO2/c1-14-9-2-8(12)10(3-7(9)11)15-6-4-13-5-6/h2-3,6,13H,4-5H2,1H3. The van der Waals surface area contributed by atoms with Crippen LogP contribution in [0.25, 0.3) is 0 Å². The largest absolute Gasteiger partial charge is 0.496 e. The van der Waals surface area contributed by atoms with Crippen molar-refractivity contribution in [1.29, 1.82) is 0 Å². The van der Waals surface area contributed by atoms with Crippen LogP contribution in [-0.4, -0.2) is 26.3 Å². The van der Waals surface area contributed by atoms with Crippen molar-refractivity contribution in [3.8, 4) is 11.5 Å². The Morgan fingerprint density at radius 2 is 1.80 bits per heavy atom. The summed E-state index contributed by atoms with van der Waals surface area (Å²) in [4.78, 5) is 0. The van der Waals surface area contributed by atoms with Crippen LogP contribution in [0.4, 0.5) is 0 Å². The Balaban J connectivity index is 2.19. The van der Waals surface area contributed by atoms with Crippen molar-refractivity contribution in [2.45, 2.75) is 6.10 Å². The molecule has 0 bridgehead atoms. The van der Waals surface area contributed by atoms with Gasteiger partial charge in [0.1, 0.15) is 17.6 Å². The minimum absolute atomic E-state index is 0.279. The number of rotatable bonds is 3. The number of ether oxygens (including phenoxy) is 2. The van der Waals surface area contributed by atoms with E-state index in [9.17, 15) is 0 Å². The van der Waals surface area contributed by atoms with Crippen molar-refractivity contribution in [2.75, 3.05) is 20.2 Å². The highest BCUT2D eigenvalue weighted by molar-refractivity contribution is 9.11. The number of benzene rings is 1. The van der Waals surface area contributed by atoms with Gasteiger partial charge in [-0.25, -0.2) is 0 Å². The quantitative estimate of drug-likeness (QED) is 0.920. The first-order valence-electron chi connectivity index (χ1n) is 4.61. The monoisotopic (exact) mass is 335 g/mol. The molecule has 0 amide bonds. The molecule has 0 spiro atoms. The van der Waals surface area contributed by atoms with Crippen LogP contribution in [0.5, 0.6) is 11.5 Å². The third kappa shape index (κ3) is 2.46. The van der Waals surface area contributed by atoms with E-state index in [1.165, 1.54) is 0 Å². The maximum atomic E-state index is 5.77. The second kappa shape index (κ2) is 4.72. The van der Waals surface area contributed by atoms with Gasteiger partial charge in [0.15, 0.2) is 0 Å². The van der Waals surface area contributed by atoms with Crippen molar-refractivity contribution >= 4 is 31.9 Å². The van der Waals surface area contributed by atoms with Crippen LogP contribution in [0.1, 0.15) is 0 Å². The Morgan fingerprint density at radius 3 is 2.33 bits per heavy atom. The van der Waals surface area contributed by atoms with E-state index >= 15 is 0 Å². The summed E-state index contributed by atoms with van der Waals surface area (Å²) in [5.74, 6) is 1.63. The summed E-state index contributed by atoms with van der Waals surface area (Å²) in [5.41, 5.74) is 0. The first-order chi connectivity index (χ1) is 7.20. The maximum Gasteiger partial charge on any atom is 0.135 e. The normalized spacial score (nSPS) is 15.9. The Hall–Kier alpha value is -0.260. The van der Waals surface area contributed by atoms with Gasteiger partial charge in [0, 0.05) is 13.1 Å². The molecule has 15 heavy (non-hydrogen) atoms. The van der Waals surface area contributed by atoms with E-state index in [2.05, 4.69) is 37.2 Å². The Bertz CT molecular complexity index is 367. The Kier molecular flexibility index (Phi) is 3.53. The fraction of sp³-hybridized carbons (Fsp3) is 0.400. The SMILES string of the molecule is COc1cc(Br)c(OC2CNC2)cc1Br. The zero-order chi connectivity index (χ0) is 10.8. The molecule has 1 aliphatic heterocycles. The van der Waals surface area contributed by atoms with Gasteiger partial charge in [0.2, 0.25) is 0 Å². The zero-order valence-corrected chi connectivity index (χ0v) is 11.4. The third-order valence-corrected chi connectivity index (χ3v) is 3.48. The number of methoxy groups -OCH3 is 1. The highest BCUT2D eigenvalue weighted by Crippen LogP contribution is 2.36. The molecule has 1 saturated heterocycles. The van der Waals surface area contributed by atoms with Gasteiger partial charge in [-0.1, -0.05) is 0 Å². The molecule has 82 valence electrons. The Morgan fingerprint density at radius 1 is 1.20 bits per heavy atom. The van der Waals surface area contributed by atoms with Crippen LogP contribution in [0.15, 0.2) is 21.1 Å². The molecule has 3 nitrogen and oxygen atoms in total. The van der Waals surface area contributed by atoms with Crippen molar-refractivity contribution in [1.82, 2.24) is 5.32 Å². The van der Waals surface area contributed by atoms with E-state index in [4.69, 9.17) is 9.47 Å². The second-order valence-corrected chi connectivity index (χ2v) is 5.02. The van der Waals surface area contributed by atoms with Crippen LogP contribution < -0.4 is 14.8 Å². The van der Waals surface area contributed by atoms with Crippen LogP contribution in [0.2, 0.25) is 0 Å². The van der Waals surface area contributed by atoms with Crippen molar-refractivity contribution in [3.63, 3.8) is 0 Å². The lowest BCUT2D eigenvalue weighted by Gasteiger charge is -2.28. The molecule has 2 rings (SSSR count). The minimum atomic E-state index is 0.279. The molecule has 5 heteroatoms. The zero-order valence-electron chi connectivity index (χ0n) is 8.22. The van der Waals surface area contributed by atoms with E-state index in [1.54, 1.807) is 7.11 Å². The first kappa shape index (κ1) is 11.2. The lowest BCUT2D eigenvalue weighted by molar-refractivity contribution is 0.141. The van der Waals surface area contributed by atoms with Crippen LogP contribution in [0.3, 0.4) is 0 Å². The van der Waals surface area contributed by atoms with Gasteiger partial charge in [-0.2, -0.15) is 0 Å². The van der Waals surface area contributed by atoms with Gasteiger partial charge < -0.3 is 14.8 Å². The van der Waals surface area contributed by atoms with Crippen LogP contribution >= 0.6 is 31.9 Å². The van der Waals surface area contributed by atoms with Crippen molar-refractivity contribution in [3.05, 3.63) is 21.1 Å². The number of hydrogen-bond donors (Lipinski definition) is 1. The average Bonchev–Trinajstić information content (AvgIpc) is 2.16. The summed E-state index contributed by atoms with van der Waals surface area (Å²) < 4.78 is 12.8. The molecule has 1 aliphatic rings. The Labute approximate surface area is 105 Å². The lowest BCUT2D eigenvalue weighted by atomic mass is 10.2. The molecule has 0 saturated carbocycles. The van der Waals surface area contributed by atoms with E-state index < -0.39 is 0 Å². The van der Waals surface area contributed by atoms with Gasteiger partial charge in [-0.15, -0.1) is 0 Å². The molecule has 0 unspecified atom stereocenters. The number of hydrogen-bond acceptors (Lipinski definition) is 3. The van der Waals surface area contributed by atoms with Crippen LogP contribution in [-0.2, 0) is 0 Å². The van der Waals surface area contributed by atoms with E-state index in [1.807, 2.05) is 12.1 Å². The molecule has 1 aromatic carbocycles. The van der Waals surface area contributed by atoms with Gasteiger partial charge in [-0.05, 0) is 44.0 Å². The fourth-order valence-electron chi connectivity index (χ4n) is 1.28. The van der Waals surface area contributed by atoms with Gasteiger partial charge in [0.05, 0.1) is 16.1 Å². The molecule has 0 radical (unpaired) electrons. The molecule has 1 aromatic rings. The molecule has 0 aliphatic carbocycles. The lowest BCUT2D eigenvalue weighted by Crippen LogP contribution is -2.50. The predicted octanol–water partition coefficient (Wildman–Crippen LogP) is 2.57. The summed E-state index contributed by atoms with van der Waals surface area (Å²) in [6.07, 6.45) is 0.279. The van der Waals surface area contributed by atoms with E-state index in [0.29, 0.717) is 0 Å². The third-order valence-electron chi connectivity index (χ3n) is 2.24. The van der Waals surface area contributed by atoms with Crippen LogP contribution in [0, 0.1) is 0 Å². The van der Waals surface area contributed by atoms with Gasteiger partial charge in [0.25, 0.3) is 0 Å². The van der Waals surface area contributed by atoms with E-state index in [-0.39, 0.29) is 6.10 Å². The second-order valence-electron chi connectivity index (χ2n) is 3.32. The minimum Gasteiger partial charge on any atom is -0.496 e. The number of halogens is 2. The summed E-state index contributed by atoms with van der Waals surface area (Å²) in [6, 6.07) is 3.81. The first-order valence-corrected chi connectivity index (χ1v) is 6.19. The molecular formula is C10H11Br2NO2. The van der Waals surface area contributed by atoms with Gasteiger partial charge >= 0.3 is 0 Å². The fourth-order valence-corrected chi connectivity index (χ4v) is 2.18. The molecule has 0 aromatic heterocycles.